The molecule has 0 atom stereocenters. The quantitative estimate of drug-likeness (QED) is 0.769. The molecule has 0 fully saturated rings. The van der Waals surface area contributed by atoms with Gasteiger partial charge in [-0.1, -0.05) is 60.2 Å². The molecule has 1 heterocycles. The Labute approximate surface area is 116 Å². The molecule has 3 nitrogen and oxygen atoms in total. The Morgan fingerprint density at radius 3 is 2.30 bits per heavy atom. The topological polar surface area (TPSA) is 45.8 Å². The van der Waals surface area contributed by atoms with Gasteiger partial charge in [-0.05, 0) is 12.5 Å². The highest BCUT2D eigenvalue weighted by molar-refractivity contribution is 5.80. The van der Waals surface area contributed by atoms with E-state index >= 15 is 0 Å². The van der Waals surface area contributed by atoms with Crippen molar-refractivity contribution in [3.8, 4) is 22.4 Å². The molecule has 3 aromatic rings. The smallest absolute Gasteiger partial charge is 0.264 e. The Balaban J connectivity index is 2.22. The Hall–Kier alpha value is -2.68. The predicted octanol–water partition coefficient (Wildman–Crippen LogP) is 3.41. The van der Waals surface area contributed by atoms with E-state index in [4.69, 9.17) is 0 Å². The van der Waals surface area contributed by atoms with Crippen LogP contribution in [0.15, 0.2) is 65.5 Å². The number of rotatable bonds is 2. The van der Waals surface area contributed by atoms with Gasteiger partial charge >= 0.3 is 0 Å². The summed E-state index contributed by atoms with van der Waals surface area (Å²) in [6.45, 7) is 2.04. The van der Waals surface area contributed by atoms with Gasteiger partial charge in [0, 0.05) is 17.2 Å². The zero-order valence-corrected chi connectivity index (χ0v) is 11.1. The minimum absolute atomic E-state index is 0.194. The van der Waals surface area contributed by atoms with Gasteiger partial charge in [0.1, 0.15) is 0 Å². The number of hydrogen-bond donors (Lipinski definition) is 1. The van der Waals surface area contributed by atoms with Gasteiger partial charge in [-0.3, -0.25) is 4.79 Å². The lowest BCUT2D eigenvalue weighted by Crippen LogP contribution is -2.08. The van der Waals surface area contributed by atoms with Crippen molar-refractivity contribution in [1.29, 1.82) is 0 Å². The summed E-state index contributed by atoms with van der Waals surface area (Å²) in [6, 6.07) is 19.5. The van der Waals surface area contributed by atoms with E-state index in [1.165, 1.54) is 5.56 Å². The first kappa shape index (κ1) is 12.4. The van der Waals surface area contributed by atoms with Gasteiger partial charge in [-0.15, -0.1) is 0 Å². The number of benzene rings is 2. The maximum atomic E-state index is 11.6. The Morgan fingerprint density at radius 2 is 1.60 bits per heavy atom. The molecule has 0 aliphatic rings. The van der Waals surface area contributed by atoms with Crippen molar-refractivity contribution in [2.24, 2.45) is 0 Å². The lowest BCUT2D eigenvalue weighted by Gasteiger charge is -2.08. The van der Waals surface area contributed by atoms with E-state index in [0.717, 1.165) is 22.4 Å². The van der Waals surface area contributed by atoms with Crippen molar-refractivity contribution in [1.82, 2.24) is 10.2 Å². The van der Waals surface area contributed by atoms with Gasteiger partial charge in [0.15, 0.2) is 0 Å². The highest BCUT2D eigenvalue weighted by atomic mass is 16.1. The first-order valence-electron chi connectivity index (χ1n) is 6.46. The van der Waals surface area contributed by atoms with E-state index < -0.39 is 0 Å². The third-order valence-electron chi connectivity index (χ3n) is 3.22. The SMILES string of the molecule is Cc1ccc(-c2cc(=O)[nH]nc2-c2ccccc2)cc1. The molecule has 0 unspecified atom stereocenters. The molecule has 1 N–H and O–H groups in total. The van der Waals surface area contributed by atoms with Crippen molar-refractivity contribution in [2.45, 2.75) is 6.92 Å². The standard InChI is InChI=1S/C17H14N2O/c1-12-7-9-13(10-8-12)15-11-16(20)18-19-17(15)14-5-3-2-4-6-14/h2-11H,1H3,(H,18,20). The fraction of sp³-hybridized carbons (Fsp3) is 0.0588. The Morgan fingerprint density at radius 1 is 0.900 bits per heavy atom. The number of aryl methyl sites for hydroxylation is 1. The highest BCUT2D eigenvalue weighted by Gasteiger charge is 2.09. The Kier molecular flexibility index (Phi) is 3.17. The number of nitrogens with zero attached hydrogens (tertiary/aromatic N) is 1. The zero-order valence-electron chi connectivity index (χ0n) is 11.1. The maximum absolute atomic E-state index is 11.6. The summed E-state index contributed by atoms with van der Waals surface area (Å²) < 4.78 is 0. The van der Waals surface area contributed by atoms with E-state index in [-0.39, 0.29) is 5.56 Å². The van der Waals surface area contributed by atoms with Crippen molar-refractivity contribution in [3.63, 3.8) is 0 Å². The number of nitrogens with one attached hydrogen (secondary N) is 1. The van der Waals surface area contributed by atoms with Crippen LogP contribution in [0.5, 0.6) is 0 Å². The van der Waals surface area contributed by atoms with E-state index in [1.54, 1.807) is 6.07 Å². The largest absolute Gasteiger partial charge is 0.268 e. The van der Waals surface area contributed by atoms with Gasteiger partial charge in [-0.25, -0.2) is 5.10 Å². The summed E-state index contributed by atoms with van der Waals surface area (Å²) in [6.07, 6.45) is 0. The van der Waals surface area contributed by atoms with Crippen LogP contribution in [0.4, 0.5) is 0 Å². The number of aromatic amines is 1. The molecule has 98 valence electrons. The molecule has 0 saturated heterocycles. The molecular formula is C17H14N2O. The van der Waals surface area contributed by atoms with Gasteiger partial charge in [0.2, 0.25) is 0 Å². The monoisotopic (exact) mass is 262 g/mol. The van der Waals surface area contributed by atoms with Crippen LogP contribution in [0, 0.1) is 6.92 Å². The second-order valence-corrected chi connectivity index (χ2v) is 4.73. The van der Waals surface area contributed by atoms with Crippen LogP contribution in [-0.2, 0) is 0 Å². The molecule has 20 heavy (non-hydrogen) atoms. The minimum Gasteiger partial charge on any atom is -0.268 e. The van der Waals surface area contributed by atoms with Crippen molar-refractivity contribution < 1.29 is 0 Å². The molecule has 3 heteroatoms. The molecule has 2 aromatic carbocycles. The summed E-state index contributed by atoms with van der Waals surface area (Å²) in [5, 5.41) is 6.72. The number of aromatic nitrogens is 2. The Bertz CT molecular complexity index is 774. The van der Waals surface area contributed by atoms with Crippen LogP contribution in [0.3, 0.4) is 0 Å². The maximum Gasteiger partial charge on any atom is 0.264 e. The van der Waals surface area contributed by atoms with Crippen molar-refractivity contribution >= 4 is 0 Å². The second kappa shape index (κ2) is 5.13. The van der Waals surface area contributed by atoms with Crippen molar-refractivity contribution in [2.75, 3.05) is 0 Å². The predicted molar refractivity (Wildman–Crippen MR) is 80.5 cm³/mol. The summed E-state index contributed by atoms with van der Waals surface area (Å²) >= 11 is 0. The normalized spacial score (nSPS) is 10.4. The molecule has 0 aliphatic carbocycles. The minimum atomic E-state index is -0.194. The zero-order chi connectivity index (χ0) is 13.9. The van der Waals surface area contributed by atoms with E-state index in [1.807, 2.05) is 61.5 Å². The molecule has 0 amide bonds. The summed E-state index contributed by atoms with van der Waals surface area (Å²) in [4.78, 5) is 11.6. The lowest BCUT2D eigenvalue weighted by atomic mass is 9.99. The van der Waals surface area contributed by atoms with Crippen LogP contribution in [0.1, 0.15) is 5.56 Å². The lowest BCUT2D eigenvalue weighted by molar-refractivity contribution is 0.997. The third-order valence-corrected chi connectivity index (χ3v) is 3.22. The first-order chi connectivity index (χ1) is 9.74. The highest BCUT2D eigenvalue weighted by Crippen LogP contribution is 2.28. The van der Waals surface area contributed by atoms with Crippen LogP contribution in [0.2, 0.25) is 0 Å². The van der Waals surface area contributed by atoms with Crippen LogP contribution in [0.25, 0.3) is 22.4 Å². The molecule has 0 saturated carbocycles. The number of hydrogen-bond acceptors (Lipinski definition) is 2. The molecule has 0 radical (unpaired) electrons. The number of H-pyrrole nitrogens is 1. The van der Waals surface area contributed by atoms with Crippen LogP contribution >= 0.6 is 0 Å². The molecule has 1 aromatic heterocycles. The fourth-order valence-corrected chi connectivity index (χ4v) is 2.17. The van der Waals surface area contributed by atoms with E-state index in [0.29, 0.717) is 0 Å². The van der Waals surface area contributed by atoms with E-state index in [2.05, 4.69) is 10.2 Å². The van der Waals surface area contributed by atoms with Gasteiger partial charge in [-0.2, -0.15) is 5.10 Å². The summed E-state index contributed by atoms with van der Waals surface area (Å²) in [5.41, 5.74) is 4.61. The molecule has 0 bridgehead atoms. The van der Waals surface area contributed by atoms with Crippen LogP contribution < -0.4 is 5.56 Å². The van der Waals surface area contributed by atoms with Gasteiger partial charge in [0.25, 0.3) is 5.56 Å². The van der Waals surface area contributed by atoms with Gasteiger partial charge < -0.3 is 0 Å². The molecule has 0 aliphatic heterocycles. The molecule has 3 rings (SSSR count). The van der Waals surface area contributed by atoms with Gasteiger partial charge in [0.05, 0.1) is 5.69 Å². The fourth-order valence-electron chi connectivity index (χ4n) is 2.17. The average molecular weight is 262 g/mol. The van der Waals surface area contributed by atoms with E-state index in [9.17, 15) is 4.79 Å². The second-order valence-electron chi connectivity index (χ2n) is 4.73. The summed E-state index contributed by atoms with van der Waals surface area (Å²) in [7, 11) is 0. The average Bonchev–Trinajstić information content (AvgIpc) is 2.49. The molecular weight excluding hydrogens is 248 g/mol. The third kappa shape index (κ3) is 2.38. The van der Waals surface area contributed by atoms with Crippen molar-refractivity contribution in [3.05, 3.63) is 76.6 Å². The first-order valence-corrected chi connectivity index (χ1v) is 6.46. The summed E-state index contributed by atoms with van der Waals surface area (Å²) in [5.74, 6) is 0. The van der Waals surface area contributed by atoms with Crippen LogP contribution in [-0.4, -0.2) is 10.2 Å². The molecule has 0 spiro atoms.